The van der Waals surface area contributed by atoms with Crippen LogP contribution >= 0.6 is 11.8 Å². The van der Waals surface area contributed by atoms with E-state index in [0.29, 0.717) is 5.16 Å². The second-order valence-electron chi connectivity index (χ2n) is 8.58. The van der Waals surface area contributed by atoms with Crippen molar-refractivity contribution in [2.75, 3.05) is 12.9 Å². The van der Waals surface area contributed by atoms with Crippen molar-refractivity contribution < 1.29 is 4.74 Å². The molecule has 6 heteroatoms. The summed E-state index contributed by atoms with van der Waals surface area (Å²) in [6.45, 7) is 0. The van der Waals surface area contributed by atoms with Crippen molar-refractivity contribution in [1.82, 2.24) is 9.55 Å². The number of hydrogen-bond donors (Lipinski definition) is 0. The average Bonchev–Trinajstić information content (AvgIpc) is 2.83. The number of nitriles is 1. The van der Waals surface area contributed by atoms with Crippen molar-refractivity contribution in [3.05, 3.63) is 70.0 Å². The first-order valence-electron chi connectivity index (χ1n) is 11.1. The minimum Gasteiger partial charge on any atom is -0.497 e. The van der Waals surface area contributed by atoms with E-state index in [9.17, 15) is 10.1 Å². The molecule has 1 saturated carbocycles. The predicted molar refractivity (Wildman–Crippen MR) is 127 cm³/mol. The zero-order valence-corrected chi connectivity index (χ0v) is 19.0. The summed E-state index contributed by atoms with van der Waals surface area (Å²) in [5.74, 6) is 0.963. The van der Waals surface area contributed by atoms with Crippen LogP contribution in [0.2, 0.25) is 0 Å². The number of thioether (sulfide) groups is 1. The monoisotopic (exact) mass is 443 g/mol. The highest BCUT2D eigenvalue weighted by atomic mass is 32.2. The van der Waals surface area contributed by atoms with E-state index in [4.69, 9.17) is 9.72 Å². The fraction of sp³-hybridized carbons (Fsp3) is 0.346. The first kappa shape index (κ1) is 20.8. The lowest BCUT2D eigenvalue weighted by Crippen LogP contribution is -2.42. The maximum Gasteiger partial charge on any atom is 0.263 e. The van der Waals surface area contributed by atoms with Crippen LogP contribution in [0.1, 0.15) is 43.2 Å². The molecule has 0 radical (unpaired) electrons. The van der Waals surface area contributed by atoms with Gasteiger partial charge in [-0.3, -0.25) is 9.36 Å². The van der Waals surface area contributed by atoms with Gasteiger partial charge in [0.05, 0.1) is 35.9 Å². The molecule has 2 aromatic carbocycles. The lowest BCUT2D eigenvalue weighted by atomic mass is 9.62. The fourth-order valence-corrected chi connectivity index (χ4v) is 6.01. The molecule has 32 heavy (non-hydrogen) atoms. The van der Waals surface area contributed by atoms with Crippen molar-refractivity contribution in [1.29, 1.82) is 5.26 Å². The summed E-state index contributed by atoms with van der Waals surface area (Å²) in [6.07, 6.45) is 6.40. The van der Waals surface area contributed by atoms with Gasteiger partial charge in [0.25, 0.3) is 5.56 Å². The van der Waals surface area contributed by atoms with Gasteiger partial charge in [-0.1, -0.05) is 55.3 Å². The van der Waals surface area contributed by atoms with E-state index in [1.807, 2.05) is 30.3 Å². The number of benzene rings is 2. The van der Waals surface area contributed by atoms with Crippen LogP contribution in [0.4, 0.5) is 0 Å². The van der Waals surface area contributed by atoms with E-state index < -0.39 is 0 Å². The average molecular weight is 444 g/mol. The van der Waals surface area contributed by atoms with Crippen LogP contribution in [-0.4, -0.2) is 22.4 Å². The summed E-state index contributed by atoms with van der Waals surface area (Å²) in [4.78, 5) is 19.3. The van der Waals surface area contributed by atoms with E-state index in [2.05, 4.69) is 24.3 Å². The molecule has 1 spiro atoms. The largest absolute Gasteiger partial charge is 0.497 e. The smallest absolute Gasteiger partial charge is 0.263 e. The Labute approximate surface area is 192 Å². The maximum atomic E-state index is 14.2. The summed E-state index contributed by atoms with van der Waals surface area (Å²) in [5, 5.41) is 9.78. The van der Waals surface area contributed by atoms with Crippen LogP contribution in [0.3, 0.4) is 0 Å². The van der Waals surface area contributed by atoms with Crippen molar-refractivity contribution in [3.63, 3.8) is 0 Å². The predicted octanol–water partition coefficient (Wildman–Crippen LogP) is 5.28. The van der Waals surface area contributed by atoms with Gasteiger partial charge in [0.15, 0.2) is 5.16 Å². The van der Waals surface area contributed by atoms with Gasteiger partial charge in [0, 0.05) is 11.0 Å². The molecule has 5 nitrogen and oxygen atoms in total. The number of hydrogen-bond acceptors (Lipinski definition) is 5. The van der Waals surface area contributed by atoms with Crippen LogP contribution in [0, 0.1) is 11.3 Å². The molecule has 0 saturated heterocycles. The van der Waals surface area contributed by atoms with E-state index >= 15 is 0 Å². The molecule has 1 fully saturated rings. The molecule has 1 heterocycles. The van der Waals surface area contributed by atoms with Gasteiger partial charge in [0.2, 0.25) is 0 Å². The standard InChI is InChI=1S/C26H25N3O2S/c1-31-20-11-9-19(10-12-20)29-24(30)22-23(28-25(29)32-16-15-27)21-8-4-3-7-18(21)17-26(22)13-5-2-6-14-26/h3-4,7-12H,2,5-6,13-14,16-17H2,1H3. The molecule has 2 aliphatic rings. The highest BCUT2D eigenvalue weighted by molar-refractivity contribution is 7.99. The van der Waals surface area contributed by atoms with E-state index in [0.717, 1.165) is 60.4 Å². The SMILES string of the molecule is COc1ccc(-n2c(SCC#N)nc3c(c2=O)C2(CCCCC2)Cc2ccccc2-3)cc1. The molecular formula is C26H25N3O2S. The third-order valence-corrected chi connectivity index (χ3v) is 7.60. The van der Waals surface area contributed by atoms with Crippen molar-refractivity contribution >= 4 is 11.8 Å². The molecule has 162 valence electrons. The Morgan fingerprint density at radius 2 is 1.88 bits per heavy atom. The Morgan fingerprint density at radius 1 is 1.12 bits per heavy atom. The molecule has 0 N–H and O–H groups in total. The quantitative estimate of drug-likeness (QED) is 0.405. The number of methoxy groups -OCH3 is 1. The lowest BCUT2D eigenvalue weighted by Gasteiger charge is -2.42. The topological polar surface area (TPSA) is 67.9 Å². The number of aromatic nitrogens is 2. The Bertz CT molecular complexity index is 1250. The number of ether oxygens (including phenoxy) is 1. The highest BCUT2D eigenvalue weighted by Crippen LogP contribution is 2.49. The summed E-state index contributed by atoms with van der Waals surface area (Å²) in [5.41, 5.74) is 4.56. The molecule has 0 atom stereocenters. The second kappa shape index (κ2) is 8.48. The summed E-state index contributed by atoms with van der Waals surface area (Å²) < 4.78 is 7.00. The molecular weight excluding hydrogens is 418 g/mol. The fourth-order valence-electron chi connectivity index (χ4n) is 5.34. The van der Waals surface area contributed by atoms with Gasteiger partial charge in [-0.25, -0.2) is 4.98 Å². The molecule has 0 amide bonds. The Balaban J connectivity index is 1.80. The molecule has 0 aliphatic heterocycles. The van der Waals surface area contributed by atoms with E-state index in [-0.39, 0.29) is 16.7 Å². The second-order valence-corrected chi connectivity index (χ2v) is 9.52. The third kappa shape index (κ3) is 3.41. The third-order valence-electron chi connectivity index (χ3n) is 6.79. The van der Waals surface area contributed by atoms with E-state index in [1.165, 1.54) is 23.7 Å². The Morgan fingerprint density at radius 3 is 2.59 bits per heavy atom. The number of nitrogens with zero attached hydrogens (tertiary/aromatic N) is 3. The summed E-state index contributed by atoms with van der Waals surface area (Å²) in [6, 6.07) is 18.0. The number of fused-ring (bicyclic) bond motifs is 4. The van der Waals surface area contributed by atoms with Gasteiger partial charge in [0.1, 0.15) is 5.75 Å². The molecule has 0 unspecified atom stereocenters. The zero-order valence-electron chi connectivity index (χ0n) is 18.1. The number of rotatable bonds is 4. The van der Waals surface area contributed by atoms with Gasteiger partial charge in [-0.2, -0.15) is 5.26 Å². The van der Waals surface area contributed by atoms with Crippen molar-refractivity contribution in [2.24, 2.45) is 0 Å². The van der Waals surface area contributed by atoms with E-state index in [1.54, 1.807) is 11.7 Å². The van der Waals surface area contributed by atoms with Gasteiger partial charge >= 0.3 is 0 Å². The molecule has 1 aromatic heterocycles. The normalized spacial score (nSPS) is 16.1. The van der Waals surface area contributed by atoms with Gasteiger partial charge in [-0.05, 0) is 49.1 Å². The minimum atomic E-state index is -0.168. The first-order chi connectivity index (χ1) is 15.7. The van der Waals surface area contributed by atoms with Crippen LogP contribution < -0.4 is 10.3 Å². The van der Waals surface area contributed by atoms with Crippen LogP contribution in [0.25, 0.3) is 16.9 Å². The van der Waals surface area contributed by atoms with Crippen molar-refractivity contribution in [3.8, 4) is 28.8 Å². The molecule has 3 aromatic rings. The Kier molecular flexibility index (Phi) is 5.52. The zero-order chi connectivity index (χ0) is 22.1. The molecule has 2 aliphatic carbocycles. The highest BCUT2D eigenvalue weighted by Gasteiger charge is 2.43. The summed E-state index contributed by atoms with van der Waals surface area (Å²) >= 11 is 1.31. The lowest BCUT2D eigenvalue weighted by molar-refractivity contribution is 0.283. The van der Waals surface area contributed by atoms with Crippen LogP contribution in [-0.2, 0) is 11.8 Å². The summed E-state index contributed by atoms with van der Waals surface area (Å²) in [7, 11) is 1.63. The molecule has 5 rings (SSSR count). The van der Waals surface area contributed by atoms with Gasteiger partial charge in [-0.15, -0.1) is 0 Å². The molecule has 0 bridgehead atoms. The Hall–Kier alpha value is -3.04. The maximum absolute atomic E-state index is 14.2. The van der Waals surface area contributed by atoms with Gasteiger partial charge < -0.3 is 4.74 Å². The first-order valence-corrected chi connectivity index (χ1v) is 12.1. The van der Waals surface area contributed by atoms with Crippen LogP contribution in [0.15, 0.2) is 58.5 Å². The van der Waals surface area contributed by atoms with Crippen molar-refractivity contribution in [2.45, 2.75) is 49.1 Å². The van der Waals surface area contributed by atoms with Crippen LogP contribution in [0.5, 0.6) is 5.75 Å². The minimum absolute atomic E-state index is 0.00277.